The Morgan fingerprint density at radius 1 is 1.04 bits per heavy atom. The zero-order valence-electron chi connectivity index (χ0n) is 13.8. The molecular weight excluding hydrogens is 298 g/mol. The lowest BCUT2D eigenvalue weighted by Gasteiger charge is -2.05. The standard InChI is InChI=1S/C20H21N3O/c1-15-7-5-6-10-17(15)13-20(24)21-19-14-18(22-23-19)12-11-16-8-3-2-4-9-16/h2-10,14H,11-13H2,1H3,(H2,21,22,23,24). The van der Waals surface area contributed by atoms with Gasteiger partial charge in [0, 0.05) is 11.8 Å². The van der Waals surface area contributed by atoms with Crippen molar-refractivity contribution in [2.45, 2.75) is 26.2 Å². The Labute approximate surface area is 141 Å². The Morgan fingerprint density at radius 2 is 1.79 bits per heavy atom. The molecule has 0 bridgehead atoms. The van der Waals surface area contributed by atoms with E-state index in [0.717, 1.165) is 29.7 Å². The number of nitrogens with one attached hydrogen (secondary N) is 2. The van der Waals surface area contributed by atoms with Gasteiger partial charge in [0.1, 0.15) is 0 Å². The van der Waals surface area contributed by atoms with Crippen molar-refractivity contribution in [3.8, 4) is 0 Å². The van der Waals surface area contributed by atoms with Crippen molar-refractivity contribution in [3.63, 3.8) is 0 Å². The van der Waals surface area contributed by atoms with Crippen molar-refractivity contribution >= 4 is 11.7 Å². The van der Waals surface area contributed by atoms with Gasteiger partial charge in [-0.15, -0.1) is 0 Å². The molecule has 1 heterocycles. The van der Waals surface area contributed by atoms with Gasteiger partial charge in [-0.3, -0.25) is 9.89 Å². The van der Waals surface area contributed by atoms with E-state index in [1.807, 2.05) is 55.5 Å². The monoisotopic (exact) mass is 319 g/mol. The van der Waals surface area contributed by atoms with Crippen LogP contribution in [0.4, 0.5) is 5.82 Å². The maximum atomic E-state index is 12.2. The summed E-state index contributed by atoms with van der Waals surface area (Å²) in [5.74, 6) is 0.530. The number of aryl methyl sites for hydroxylation is 3. The fraction of sp³-hybridized carbons (Fsp3) is 0.200. The Bertz CT molecular complexity index is 809. The highest BCUT2D eigenvalue weighted by Crippen LogP contribution is 2.12. The van der Waals surface area contributed by atoms with Crippen LogP contribution in [0.25, 0.3) is 0 Å². The third kappa shape index (κ3) is 4.32. The molecule has 2 aromatic carbocycles. The van der Waals surface area contributed by atoms with E-state index < -0.39 is 0 Å². The smallest absolute Gasteiger partial charge is 0.230 e. The highest BCUT2D eigenvalue weighted by atomic mass is 16.1. The molecule has 24 heavy (non-hydrogen) atoms. The summed E-state index contributed by atoms with van der Waals surface area (Å²) >= 11 is 0. The minimum Gasteiger partial charge on any atom is -0.309 e. The molecule has 0 unspecified atom stereocenters. The number of aromatic nitrogens is 2. The van der Waals surface area contributed by atoms with Gasteiger partial charge in [0.15, 0.2) is 5.82 Å². The van der Waals surface area contributed by atoms with Gasteiger partial charge in [0.25, 0.3) is 0 Å². The number of rotatable bonds is 6. The third-order valence-corrected chi connectivity index (χ3v) is 4.04. The summed E-state index contributed by atoms with van der Waals surface area (Å²) in [4.78, 5) is 12.2. The first-order valence-electron chi connectivity index (χ1n) is 8.13. The van der Waals surface area contributed by atoms with Crippen molar-refractivity contribution in [2.75, 3.05) is 5.32 Å². The van der Waals surface area contributed by atoms with Crippen molar-refractivity contribution in [2.24, 2.45) is 0 Å². The zero-order chi connectivity index (χ0) is 16.8. The normalized spacial score (nSPS) is 10.5. The quantitative estimate of drug-likeness (QED) is 0.728. The molecule has 0 aliphatic carbocycles. The number of amides is 1. The number of aromatic amines is 1. The number of anilines is 1. The molecule has 1 aromatic heterocycles. The molecule has 0 radical (unpaired) electrons. The minimum atomic E-state index is -0.0505. The highest BCUT2D eigenvalue weighted by Gasteiger charge is 2.08. The van der Waals surface area contributed by atoms with Gasteiger partial charge in [0.05, 0.1) is 6.42 Å². The molecule has 3 rings (SSSR count). The van der Waals surface area contributed by atoms with Crippen LogP contribution in [-0.2, 0) is 24.1 Å². The molecule has 4 heteroatoms. The van der Waals surface area contributed by atoms with Crippen LogP contribution in [-0.4, -0.2) is 16.1 Å². The largest absolute Gasteiger partial charge is 0.309 e. The van der Waals surface area contributed by atoms with Crippen LogP contribution in [0.1, 0.15) is 22.4 Å². The number of benzene rings is 2. The second-order valence-electron chi connectivity index (χ2n) is 5.92. The number of carbonyl (C=O) groups excluding carboxylic acids is 1. The topological polar surface area (TPSA) is 57.8 Å². The van der Waals surface area contributed by atoms with E-state index in [4.69, 9.17) is 0 Å². The van der Waals surface area contributed by atoms with Gasteiger partial charge in [-0.2, -0.15) is 5.10 Å². The van der Waals surface area contributed by atoms with E-state index >= 15 is 0 Å². The number of hydrogen-bond donors (Lipinski definition) is 2. The molecule has 0 saturated heterocycles. The summed E-state index contributed by atoms with van der Waals surface area (Å²) in [6.45, 7) is 2.01. The first-order valence-corrected chi connectivity index (χ1v) is 8.13. The first-order chi connectivity index (χ1) is 11.7. The summed E-state index contributed by atoms with van der Waals surface area (Å²) in [5.41, 5.74) is 4.47. The molecule has 122 valence electrons. The van der Waals surface area contributed by atoms with E-state index in [1.54, 1.807) is 0 Å². The van der Waals surface area contributed by atoms with Crippen LogP contribution in [0.2, 0.25) is 0 Å². The number of carbonyl (C=O) groups is 1. The lowest BCUT2D eigenvalue weighted by atomic mass is 10.1. The zero-order valence-corrected chi connectivity index (χ0v) is 13.8. The van der Waals surface area contributed by atoms with Crippen LogP contribution in [0.3, 0.4) is 0 Å². The van der Waals surface area contributed by atoms with Crippen molar-refractivity contribution < 1.29 is 4.79 Å². The molecule has 0 atom stereocenters. The highest BCUT2D eigenvalue weighted by molar-refractivity contribution is 5.91. The van der Waals surface area contributed by atoms with Crippen LogP contribution in [0, 0.1) is 6.92 Å². The van der Waals surface area contributed by atoms with Crippen LogP contribution in [0.15, 0.2) is 60.7 Å². The van der Waals surface area contributed by atoms with E-state index in [0.29, 0.717) is 12.2 Å². The molecule has 0 saturated carbocycles. The van der Waals surface area contributed by atoms with Gasteiger partial charge >= 0.3 is 0 Å². The van der Waals surface area contributed by atoms with Crippen molar-refractivity contribution in [3.05, 3.63) is 83.0 Å². The maximum Gasteiger partial charge on any atom is 0.230 e. The molecule has 2 N–H and O–H groups in total. The minimum absolute atomic E-state index is 0.0505. The van der Waals surface area contributed by atoms with E-state index in [-0.39, 0.29) is 5.91 Å². The first kappa shape index (κ1) is 16.0. The molecule has 0 aliphatic heterocycles. The number of H-pyrrole nitrogens is 1. The van der Waals surface area contributed by atoms with Gasteiger partial charge in [0.2, 0.25) is 5.91 Å². The van der Waals surface area contributed by atoms with E-state index in [1.165, 1.54) is 5.56 Å². The fourth-order valence-electron chi connectivity index (χ4n) is 2.65. The molecule has 0 spiro atoms. The molecule has 3 aromatic rings. The fourth-order valence-corrected chi connectivity index (χ4v) is 2.65. The average Bonchev–Trinajstić information content (AvgIpc) is 3.03. The van der Waals surface area contributed by atoms with Gasteiger partial charge in [-0.25, -0.2) is 0 Å². The molecule has 1 amide bonds. The van der Waals surface area contributed by atoms with Gasteiger partial charge in [-0.1, -0.05) is 54.6 Å². The van der Waals surface area contributed by atoms with Crippen LogP contribution in [0.5, 0.6) is 0 Å². The van der Waals surface area contributed by atoms with Crippen molar-refractivity contribution in [1.82, 2.24) is 10.2 Å². The molecular formula is C20H21N3O. The summed E-state index contributed by atoms with van der Waals surface area (Å²) in [5, 5.41) is 10.0. The van der Waals surface area contributed by atoms with Crippen molar-refractivity contribution in [1.29, 1.82) is 0 Å². The lowest BCUT2D eigenvalue weighted by molar-refractivity contribution is -0.115. The number of hydrogen-bond acceptors (Lipinski definition) is 2. The molecule has 4 nitrogen and oxygen atoms in total. The van der Waals surface area contributed by atoms with Gasteiger partial charge < -0.3 is 5.32 Å². The maximum absolute atomic E-state index is 12.2. The lowest BCUT2D eigenvalue weighted by Crippen LogP contribution is -2.15. The molecule has 0 aliphatic rings. The summed E-state index contributed by atoms with van der Waals surface area (Å²) < 4.78 is 0. The van der Waals surface area contributed by atoms with Crippen LogP contribution >= 0.6 is 0 Å². The average molecular weight is 319 g/mol. The summed E-state index contributed by atoms with van der Waals surface area (Å²) in [6.07, 6.45) is 2.17. The summed E-state index contributed by atoms with van der Waals surface area (Å²) in [7, 11) is 0. The second kappa shape index (κ2) is 7.59. The Balaban J connectivity index is 1.54. The summed E-state index contributed by atoms with van der Waals surface area (Å²) in [6, 6.07) is 20.1. The second-order valence-corrected chi connectivity index (χ2v) is 5.92. The Morgan fingerprint density at radius 3 is 2.58 bits per heavy atom. The third-order valence-electron chi connectivity index (χ3n) is 4.04. The van der Waals surface area contributed by atoms with E-state index in [2.05, 4.69) is 27.6 Å². The SMILES string of the molecule is Cc1ccccc1CC(=O)Nc1cc(CCc2ccccc2)[nH]n1. The predicted octanol–water partition coefficient (Wildman–Crippen LogP) is 3.68. The predicted molar refractivity (Wildman–Crippen MR) is 96.0 cm³/mol. The Kier molecular flexibility index (Phi) is 5.06. The molecule has 0 fully saturated rings. The number of nitrogens with zero attached hydrogens (tertiary/aromatic N) is 1. The van der Waals surface area contributed by atoms with Crippen LogP contribution < -0.4 is 5.32 Å². The van der Waals surface area contributed by atoms with E-state index in [9.17, 15) is 4.79 Å². The Hall–Kier alpha value is -2.88. The van der Waals surface area contributed by atoms with Gasteiger partial charge in [-0.05, 0) is 36.5 Å².